The fraction of sp³-hybridized carbons (Fsp3) is 0.333. The second kappa shape index (κ2) is 9.32. The van der Waals surface area contributed by atoms with Crippen LogP contribution >= 0.6 is 0 Å². The lowest BCUT2D eigenvalue weighted by atomic mass is 10.0. The van der Waals surface area contributed by atoms with E-state index in [1.807, 2.05) is 0 Å². The quantitative estimate of drug-likeness (QED) is 0.761. The normalized spacial score (nSPS) is 15.6. The Balaban J connectivity index is 1.65. The summed E-state index contributed by atoms with van der Waals surface area (Å²) >= 11 is 0. The third-order valence-electron chi connectivity index (χ3n) is 4.54. The molecule has 0 aliphatic carbocycles. The first-order chi connectivity index (χ1) is 13.5. The maximum Gasteiger partial charge on any atom is 0.305 e. The average Bonchev–Trinajstić information content (AvgIpc) is 2.69. The van der Waals surface area contributed by atoms with Gasteiger partial charge < -0.3 is 19.9 Å². The minimum atomic E-state index is -1.06. The molecule has 1 aliphatic heterocycles. The molecule has 1 unspecified atom stereocenters. The van der Waals surface area contributed by atoms with Gasteiger partial charge in [-0.1, -0.05) is 12.1 Å². The summed E-state index contributed by atoms with van der Waals surface area (Å²) in [6.45, 7) is 1.36. The van der Waals surface area contributed by atoms with E-state index in [0.717, 1.165) is 12.8 Å². The van der Waals surface area contributed by atoms with E-state index in [1.165, 1.54) is 24.3 Å². The van der Waals surface area contributed by atoms with E-state index in [1.54, 1.807) is 24.3 Å². The Labute approximate surface area is 162 Å². The molecule has 3 rings (SSSR count). The molecule has 0 saturated carbocycles. The molecule has 2 aromatic rings. The van der Waals surface area contributed by atoms with Crippen LogP contribution in [0, 0.1) is 5.82 Å². The lowest BCUT2D eigenvalue weighted by molar-refractivity contribution is -0.137. The molecule has 1 saturated heterocycles. The Morgan fingerprint density at radius 1 is 1.11 bits per heavy atom. The molecule has 0 aromatic heterocycles. The van der Waals surface area contributed by atoms with Gasteiger partial charge >= 0.3 is 5.97 Å². The van der Waals surface area contributed by atoms with Gasteiger partial charge in [0.1, 0.15) is 17.7 Å². The number of rotatable bonds is 7. The molecule has 0 spiro atoms. The average molecular weight is 387 g/mol. The van der Waals surface area contributed by atoms with Crippen LogP contribution < -0.4 is 10.1 Å². The van der Waals surface area contributed by atoms with Crippen LogP contribution in [0.4, 0.5) is 4.39 Å². The van der Waals surface area contributed by atoms with Crippen molar-refractivity contribution < 1.29 is 28.6 Å². The third-order valence-corrected chi connectivity index (χ3v) is 4.54. The van der Waals surface area contributed by atoms with Gasteiger partial charge in [0.15, 0.2) is 0 Å². The molecule has 2 aromatic carbocycles. The predicted molar refractivity (Wildman–Crippen MR) is 99.8 cm³/mol. The molecule has 6 nitrogen and oxygen atoms in total. The molecule has 1 heterocycles. The van der Waals surface area contributed by atoms with E-state index in [-0.39, 0.29) is 12.5 Å². The Kier molecular flexibility index (Phi) is 6.60. The lowest BCUT2D eigenvalue weighted by Gasteiger charge is -2.23. The number of nitrogens with one attached hydrogen (secondary N) is 1. The number of carboxylic acids is 1. The van der Waals surface area contributed by atoms with Crippen LogP contribution in [0.1, 0.15) is 41.2 Å². The van der Waals surface area contributed by atoms with E-state index < -0.39 is 23.7 Å². The second-order valence-electron chi connectivity index (χ2n) is 6.63. The number of carboxylic acid groups (broad SMARTS) is 1. The molecule has 7 heteroatoms. The Morgan fingerprint density at radius 2 is 1.75 bits per heavy atom. The fourth-order valence-electron chi connectivity index (χ4n) is 3.03. The van der Waals surface area contributed by atoms with Gasteiger partial charge in [0, 0.05) is 18.4 Å². The van der Waals surface area contributed by atoms with E-state index in [0.29, 0.717) is 30.1 Å². The summed E-state index contributed by atoms with van der Waals surface area (Å²) in [7, 11) is 0. The first kappa shape index (κ1) is 19.8. The minimum Gasteiger partial charge on any atom is -0.490 e. The number of carbonyl (C=O) groups excluding carboxylic acids is 1. The number of benzene rings is 2. The SMILES string of the molecule is O=C(O)CC(NC(=O)c1ccc(OC2CCOCC2)cc1)c1ccc(F)cc1. The van der Waals surface area contributed by atoms with Crippen LogP contribution in [0.2, 0.25) is 0 Å². The number of halogens is 1. The fourth-order valence-corrected chi connectivity index (χ4v) is 3.03. The van der Waals surface area contributed by atoms with Crippen molar-refractivity contribution in [3.8, 4) is 5.75 Å². The highest BCUT2D eigenvalue weighted by atomic mass is 19.1. The number of ether oxygens (including phenoxy) is 2. The van der Waals surface area contributed by atoms with Crippen LogP contribution in [0.25, 0.3) is 0 Å². The Morgan fingerprint density at radius 3 is 2.36 bits per heavy atom. The van der Waals surface area contributed by atoms with Crippen molar-refractivity contribution in [2.75, 3.05) is 13.2 Å². The van der Waals surface area contributed by atoms with E-state index in [9.17, 15) is 14.0 Å². The zero-order valence-electron chi connectivity index (χ0n) is 15.3. The smallest absolute Gasteiger partial charge is 0.305 e. The van der Waals surface area contributed by atoms with E-state index in [2.05, 4.69) is 5.32 Å². The largest absolute Gasteiger partial charge is 0.490 e. The minimum absolute atomic E-state index is 0.104. The number of amides is 1. The highest BCUT2D eigenvalue weighted by Crippen LogP contribution is 2.21. The summed E-state index contributed by atoms with van der Waals surface area (Å²) in [6.07, 6.45) is 1.46. The van der Waals surface area contributed by atoms with Crippen LogP contribution in [-0.4, -0.2) is 36.3 Å². The van der Waals surface area contributed by atoms with Crippen molar-refractivity contribution >= 4 is 11.9 Å². The molecule has 1 atom stereocenters. The summed E-state index contributed by atoms with van der Waals surface area (Å²) in [5, 5.41) is 11.8. The van der Waals surface area contributed by atoms with E-state index in [4.69, 9.17) is 14.6 Å². The van der Waals surface area contributed by atoms with Crippen LogP contribution in [0.3, 0.4) is 0 Å². The number of carbonyl (C=O) groups is 2. The number of hydrogen-bond donors (Lipinski definition) is 2. The molecule has 1 fully saturated rings. The van der Waals surface area contributed by atoms with Crippen molar-refractivity contribution in [3.05, 3.63) is 65.5 Å². The lowest BCUT2D eigenvalue weighted by Crippen LogP contribution is -2.30. The van der Waals surface area contributed by atoms with Gasteiger partial charge in [-0.3, -0.25) is 9.59 Å². The summed E-state index contributed by atoms with van der Waals surface area (Å²) in [5.74, 6) is -1.23. The summed E-state index contributed by atoms with van der Waals surface area (Å²) in [6, 6.07) is 11.3. The predicted octanol–water partition coefficient (Wildman–Crippen LogP) is 3.33. The zero-order valence-corrected chi connectivity index (χ0v) is 15.3. The highest BCUT2D eigenvalue weighted by molar-refractivity contribution is 5.94. The first-order valence-electron chi connectivity index (χ1n) is 9.14. The van der Waals surface area contributed by atoms with Gasteiger partial charge in [0.05, 0.1) is 25.7 Å². The van der Waals surface area contributed by atoms with Gasteiger partial charge in [-0.15, -0.1) is 0 Å². The second-order valence-corrected chi connectivity index (χ2v) is 6.63. The van der Waals surface area contributed by atoms with Gasteiger partial charge in [-0.25, -0.2) is 4.39 Å². The highest BCUT2D eigenvalue weighted by Gasteiger charge is 2.20. The Hall–Kier alpha value is -2.93. The molecule has 1 aliphatic rings. The topological polar surface area (TPSA) is 84.9 Å². The first-order valence-corrected chi connectivity index (χ1v) is 9.14. The summed E-state index contributed by atoms with van der Waals surface area (Å²) < 4.78 is 24.3. The van der Waals surface area contributed by atoms with Crippen molar-refractivity contribution in [1.82, 2.24) is 5.32 Å². The molecule has 148 valence electrons. The van der Waals surface area contributed by atoms with Gasteiger partial charge in [-0.05, 0) is 42.0 Å². The van der Waals surface area contributed by atoms with Gasteiger partial charge in [-0.2, -0.15) is 0 Å². The van der Waals surface area contributed by atoms with E-state index >= 15 is 0 Å². The monoisotopic (exact) mass is 387 g/mol. The summed E-state index contributed by atoms with van der Waals surface area (Å²) in [5.41, 5.74) is 0.911. The van der Waals surface area contributed by atoms with Crippen molar-refractivity contribution in [1.29, 1.82) is 0 Å². The maximum atomic E-state index is 13.1. The molecular weight excluding hydrogens is 365 g/mol. The molecule has 28 heavy (non-hydrogen) atoms. The number of aliphatic carboxylic acids is 1. The Bertz CT molecular complexity index is 801. The van der Waals surface area contributed by atoms with Crippen molar-refractivity contribution in [2.45, 2.75) is 31.4 Å². The molecule has 0 radical (unpaired) electrons. The van der Waals surface area contributed by atoms with Gasteiger partial charge in [0.2, 0.25) is 0 Å². The zero-order chi connectivity index (χ0) is 19.9. The van der Waals surface area contributed by atoms with Crippen LogP contribution in [0.5, 0.6) is 5.75 Å². The van der Waals surface area contributed by atoms with Crippen LogP contribution in [0.15, 0.2) is 48.5 Å². The summed E-state index contributed by atoms with van der Waals surface area (Å²) in [4.78, 5) is 23.7. The van der Waals surface area contributed by atoms with Crippen molar-refractivity contribution in [2.24, 2.45) is 0 Å². The third kappa shape index (κ3) is 5.53. The standard InChI is InChI=1S/C21H22FNO5/c22-16-5-1-14(2-6-16)19(13-20(24)25)23-21(26)15-3-7-17(8-4-15)28-18-9-11-27-12-10-18/h1-8,18-19H,9-13H2,(H,23,26)(H,24,25). The molecule has 0 bridgehead atoms. The van der Waals surface area contributed by atoms with Crippen molar-refractivity contribution in [3.63, 3.8) is 0 Å². The van der Waals surface area contributed by atoms with Gasteiger partial charge in [0.25, 0.3) is 5.91 Å². The molecule has 1 amide bonds. The molecule has 2 N–H and O–H groups in total. The maximum absolute atomic E-state index is 13.1. The molecular formula is C21H22FNO5. The van der Waals surface area contributed by atoms with Crippen LogP contribution in [-0.2, 0) is 9.53 Å². The number of hydrogen-bond acceptors (Lipinski definition) is 4.